The molecule has 8 heteroatoms. The molecule has 190 valence electrons. The van der Waals surface area contributed by atoms with Crippen LogP contribution in [0.2, 0.25) is 0 Å². The predicted molar refractivity (Wildman–Crippen MR) is 136 cm³/mol. The van der Waals surface area contributed by atoms with Crippen LogP contribution >= 0.6 is 0 Å². The molecular weight excluding hydrogens is 458 g/mol. The topological polar surface area (TPSA) is 99.2 Å². The van der Waals surface area contributed by atoms with E-state index in [0.717, 1.165) is 47.8 Å². The maximum Gasteiger partial charge on any atom is 0.254 e. The quantitative estimate of drug-likeness (QED) is 0.406. The van der Waals surface area contributed by atoms with Gasteiger partial charge in [0.05, 0.1) is 6.10 Å². The van der Waals surface area contributed by atoms with E-state index < -0.39 is 30.2 Å². The summed E-state index contributed by atoms with van der Waals surface area (Å²) in [4.78, 5) is 40.4. The third-order valence-electron chi connectivity index (χ3n) is 6.16. The number of hydrogen-bond donors (Lipinski definition) is 2. The van der Waals surface area contributed by atoms with Gasteiger partial charge in [-0.05, 0) is 55.3 Å². The molecular formula is C28H33N3O5. The van der Waals surface area contributed by atoms with Crippen molar-refractivity contribution >= 4 is 17.6 Å². The molecule has 0 saturated carbocycles. The number of carbonyl (C=O) groups excluding carboxylic acids is 3. The second kappa shape index (κ2) is 12.5. The van der Waals surface area contributed by atoms with Gasteiger partial charge >= 0.3 is 0 Å². The summed E-state index contributed by atoms with van der Waals surface area (Å²) in [6.07, 6.45) is 0.353. The lowest BCUT2D eigenvalue weighted by molar-refractivity contribution is -0.135. The number of nitrogens with zero attached hydrogens (tertiary/aromatic N) is 2. The second-order valence-electron chi connectivity index (χ2n) is 8.81. The van der Waals surface area contributed by atoms with Crippen LogP contribution in [0, 0.1) is 18.8 Å². The van der Waals surface area contributed by atoms with E-state index in [2.05, 4.69) is 34.2 Å². The highest BCUT2D eigenvalue weighted by Gasteiger charge is 2.33. The summed E-state index contributed by atoms with van der Waals surface area (Å²) in [6, 6.07) is 11.8. The third-order valence-corrected chi connectivity index (χ3v) is 6.16. The number of hydrogen-bond acceptors (Lipinski definition) is 6. The number of Topliss-reactive ketones (excluding diaryl/α,β-unsaturated/α-hetero) is 1. The van der Waals surface area contributed by atoms with Crippen molar-refractivity contribution in [2.24, 2.45) is 0 Å². The van der Waals surface area contributed by atoms with E-state index >= 15 is 0 Å². The molecule has 1 aliphatic rings. The van der Waals surface area contributed by atoms with Crippen LogP contribution in [0.4, 0.5) is 0 Å². The van der Waals surface area contributed by atoms with Crippen LogP contribution in [0.1, 0.15) is 39.5 Å². The Kier molecular flexibility index (Phi) is 9.37. The summed E-state index contributed by atoms with van der Waals surface area (Å²) in [5, 5.41) is 11.5. The lowest BCUT2D eigenvalue weighted by atomic mass is 10.0. The number of aliphatic hydroxyl groups is 1. The number of aryl methyl sites for hydroxylation is 1. The molecule has 1 saturated heterocycles. The number of rotatable bonds is 9. The SMILES string of the molecule is CCOC1CN(Cc2ccc(C#Cc3ccc(C(=O)N(C)C(C(=O)CO)C(=O)NC)cc3C)cc2)C1. The van der Waals surface area contributed by atoms with Crippen molar-refractivity contribution in [1.29, 1.82) is 0 Å². The number of carbonyl (C=O) groups is 3. The minimum Gasteiger partial charge on any atom is -0.388 e. The average Bonchev–Trinajstić information content (AvgIpc) is 2.86. The highest BCUT2D eigenvalue weighted by molar-refractivity contribution is 6.10. The first-order chi connectivity index (χ1) is 17.3. The van der Waals surface area contributed by atoms with Crippen LogP contribution in [0.15, 0.2) is 42.5 Å². The zero-order chi connectivity index (χ0) is 26.2. The first kappa shape index (κ1) is 27.1. The Balaban J connectivity index is 1.65. The van der Waals surface area contributed by atoms with Crippen LogP contribution in [0.25, 0.3) is 0 Å². The van der Waals surface area contributed by atoms with Gasteiger partial charge in [-0.1, -0.05) is 24.0 Å². The summed E-state index contributed by atoms with van der Waals surface area (Å²) < 4.78 is 5.60. The minimum atomic E-state index is -1.40. The average molecular weight is 492 g/mol. The standard InChI is InChI=1S/C28H33N3O5/c1-5-36-24-16-31(17-24)15-21-8-6-20(7-9-21)10-11-22-12-13-23(14-19(22)2)28(35)30(4)26(25(33)18-32)27(34)29-3/h6-9,12-14,24,26,32H,5,15-18H2,1-4H3,(H,29,34). The molecule has 1 unspecified atom stereocenters. The molecule has 2 amide bonds. The van der Waals surface area contributed by atoms with Gasteiger partial charge in [-0.3, -0.25) is 19.3 Å². The third kappa shape index (κ3) is 6.58. The van der Waals surface area contributed by atoms with E-state index in [1.165, 1.54) is 19.7 Å². The number of ether oxygens (including phenoxy) is 1. The van der Waals surface area contributed by atoms with Crippen molar-refractivity contribution in [1.82, 2.24) is 15.1 Å². The predicted octanol–water partition coefficient (Wildman–Crippen LogP) is 1.36. The Hall–Kier alpha value is -3.51. The van der Waals surface area contributed by atoms with Gasteiger partial charge in [-0.25, -0.2) is 0 Å². The number of likely N-dealkylation sites (N-methyl/N-ethyl adjacent to an activating group) is 2. The Morgan fingerprint density at radius 3 is 2.44 bits per heavy atom. The summed E-state index contributed by atoms with van der Waals surface area (Å²) in [5.41, 5.74) is 4.01. The molecule has 0 spiro atoms. The Labute approximate surface area is 212 Å². The van der Waals surface area contributed by atoms with Gasteiger partial charge in [-0.2, -0.15) is 0 Å². The monoisotopic (exact) mass is 491 g/mol. The summed E-state index contributed by atoms with van der Waals surface area (Å²) in [5.74, 6) is 4.40. The van der Waals surface area contributed by atoms with Crippen LogP contribution in [0.3, 0.4) is 0 Å². The molecule has 0 aromatic heterocycles. The number of likely N-dealkylation sites (tertiary alicyclic amines) is 1. The molecule has 2 aromatic rings. The smallest absolute Gasteiger partial charge is 0.254 e. The van der Waals surface area contributed by atoms with Gasteiger partial charge in [0.1, 0.15) is 6.61 Å². The summed E-state index contributed by atoms with van der Waals surface area (Å²) in [6.45, 7) is 6.61. The van der Waals surface area contributed by atoms with Crippen molar-refractivity contribution in [3.05, 3.63) is 70.3 Å². The highest BCUT2D eigenvalue weighted by Crippen LogP contribution is 2.17. The normalized spacial score (nSPS) is 14.2. The van der Waals surface area contributed by atoms with E-state index in [-0.39, 0.29) is 0 Å². The molecule has 1 atom stereocenters. The number of benzene rings is 2. The van der Waals surface area contributed by atoms with E-state index in [9.17, 15) is 19.5 Å². The minimum absolute atomic E-state index is 0.321. The van der Waals surface area contributed by atoms with Crippen molar-refractivity contribution in [2.45, 2.75) is 32.5 Å². The number of ketones is 1. The zero-order valence-electron chi connectivity index (χ0n) is 21.2. The van der Waals surface area contributed by atoms with Crippen LogP contribution in [-0.4, -0.2) is 85.0 Å². The van der Waals surface area contributed by atoms with Gasteiger partial charge in [-0.15, -0.1) is 0 Å². The van der Waals surface area contributed by atoms with Crippen LogP contribution in [0.5, 0.6) is 0 Å². The molecule has 8 nitrogen and oxygen atoms in total. The van der Waals surface area contributed by atoms with Gasteiger partial charge in [0.25, 0.3) is 5.91 Å². The van der Waals surface area contributed by atoms with Crippen LogP contribution in [-0.2, 0) is 20.9 Å². The molecule has 1 aliphatic heterocycles. The molecule has 0 bridgehead atoms. The number of nitrogens with one attached hydrogen (secondary N) is 1. The van der Waals surface area contributed by atoms with E-state index in [4.69, 9.17) is 4.74 Å². The molecule has 36 heavy (non-hydrogen) atoms. The number of aliphatic hydroxyl groups excluding tert-OH is 1. The molecule has 2 aromatic carbocycles. The van der Waals surface area contributed by atoms with Crippen LogP contribution < -0.4 is 5.32 Å². The zero-order valence-corrected chi connectivity index (χ0v) is 21.2. The van der Waals surface area contributed by atoms with E-state index in [1.807, 2.05) is 26.0 Å². The molecule has 1 fully saturated rings. The fourth-order valence-electron chi connectivity index (χ4n) is 4.10. The van der Waals surface area contributed by atoms with Gasteiger partial charge < -0.3 is 20.1 Å². The van der Waals surface area contributed by atoms with Gasteiger partial charge in [0, 0.05) is 57.0 Å². The molecule has 1 heterocycles. The van der Waals surface area contributed by atoms with Crippen molar-refractivity contribution in [3.63, 3.8) is 0 Å². The summed E-state index contributed by atoms with van der Waals surface area (Å²) >= 11 is 0. The highest BCUT2D eigenvalue weighted by atomic mass is 16.5. The Morgan fingerprint density at radius 2 is 1.86 bits per heavy atom. The Bertz CT molecular complexity index is 1140. The van der Waals surface area contributed by atoms with Crippen molar-refractivity contribution < 1.29 is 24.2 Å². The fraction of sp³-hybridized carbons (Fsp3) is 0.393. The Morgan fingerprint density at radius 1 is 1.17 bits per heavy atom. The van der Waals surface area contributed by atoms with E-state index in [0.29, 0.717) is 11.7 Å². The largest absolute Gasteiger partial charge is 0.388 e. The van der Waals surface area contributed by atoms with Crippen molar-refractivity contribution in [3.8, 4) is 11.8 Å². The van der Waals surface area contributed by atoms with Crippen molar-refractivity contribution in [2.75, 3.05) is 40.4 Å². The van der Waals surface area contributed by atoms with Gasteiger partial charge in [0.2, 0.25) is 5.91 Å². The van der Waals surface area contributed by atoms with Gasteiger partial charge in [0.15, 0.2) is 11.8 Å². The lowest BCUT2D eigenvalue weighted by Crippen LogP contribution is -2.52. The fourth-order valence-corrected chi connectivity index (χ4v) is 4.10. The first-order valence-electron chi connectivity index (χ1n) is 11.9. The maximum atomic E-state index is 12.9. The lowest BCUT2D eigenvalue weighted by Gasteiger charge is -2.38. The molecule has 2 N–H and O–H groups in total. The maximum absolute atomic E-state index is 12.9. The van der Waals surface area contributed by atoms with E-state index in [1.54, 1.807) is 18.2 Å². The first-order valence-corrected chi connectivity index (χ1v) is 11.9. The second-order valence-corrected chi connectivity index (χ2v) is 8.81. The summed E-state index contributed by atoms with van der Waals surface area (Å²) in [7, 11) is 2.73. The molecule has 0 radical (unpaired) electrons. The molecule has 0 aliphatic carbocycles. The molecule has 3 rings (SSSR count). The number of amides is 2.